The first-order valence-electron chi connectivity index (χ1n) is 7.56. The number of rotatable bonds is 5. The molecule has 3 rings (SSSR count). The van der Waals surface area contributed by atoms with Crippen LogP contribution < -0.4 is 5.32 Å². The lowest BCUT2D eigenvalue weighted by Gasteiger charge is -2.11. The van der Waals surface area contributed by atoms with E-state index in [1.807, 2.05) is 12.1 Å². The molecular formula is C17H20N2OS. The van der Waals surface area contributed by atoms with Gasteiger partial charge in [-0.15, -0.1) is 11.3 Å². The lowest BCUT2D eigenvalue weighted by Crippen LogP contribution is -2.30. The molecule has 1 aliphatic carbocycles. The number of aryl methyl sites for hydroxylation is 2. The minimum Gasteiger partial charge on any atom is -0.355 e. The number of benzene rings is 1. The summed E-state index contributed by atoms with van der Waals surface area (Å²) in [4.78, 5) is 16.9. The molecule has 4 heteroatoms. The first kappa shape index (κ1) is 14.3. The first-order chi connectivity index (χ1) is 10.3. The minimum absolute atomic E-state index is 0.0304. The van der Waals surface area contributed by atoms with Gasteiger partial charge in [0.05, 0.1) is 16.6 Å². The van der Waals surface area contributed by atoms with Crippen molar-refractivity contribution in [3.05, 3.63) is 51.5 Å². The Balaban J connectivity index is 1.53. The summed E-state index contributed by atoms with van der Waals surface area (Å²) in [6, 6.07) is 8.28. The third-order valence-corrected chi connectivity index (χ3v) is 5.07. The average Bonchev–Trinajstić information content (AvgIpc) is 3.13. The smallest absolute Gasteiger partial charge is 0.227 e. The maximum absolute atomic E-state index is 12.3. The lowest BCUT2D eigenvalue weighted by molar-refractivity contribution is -0.122. The van der Waals surface area contributed by atoms with E-state index >= 15 is 0 Å². The van der Waals surface area contributed by atoms with Crippen LogP contribution in [0.25, 0.3) is 0 Å². The third-order valence-electron chi connectivity index (χ3n) is 4.03. The van der Waals surface area contributed by atoms with E-state index in [-0.39, 0.29) is 11.8 Å². The zero-order chi connectivity index (χ0) is 14.7. The van der Waals surface area contributed by atoms with Gasteiger partial charge in [-0.3, -0.25) is 4.79 Å². The van der Waals surface area contributed by atoms with E-state index in [4.69, 9.17) is 0 Å². The standard InChI is InChI=1S/C17H20N2OS/c1-2-16-19-13(11-21-16)9-10-18-17(20)15-8-7-12-5-3-4-6-14(12)15/h3-6,11,15H,2,7-10H2,1H3,(H,18,20)/t15-/m1/s1. The van der Waals surface area contributed by atoms with E-state index < -0.39 is 0 Å². The molecule has 0 spiro atoms. The Morgan fingerprint density at radius 3 is 3.10 bits per heavy atom. The molecule has 1 heterocycles. The van der Waals surface area contributed by atoms with Gasteiger partial charge in [0.2, 0.25) is 5.91 Å². The highest BCUT2D eigenvalue weighted by Crippen LogP contribution is 2.32. The maximum atomic E-state index is 12.3. The summed E-state index contributed by atoms with van der Waals surface area (Å²) >= 11 is 1.70. The number of thiazole rings is 1. The van der Waals surface area contributed by atoms with Gasteiger partial charge in [0.1, 0.15) is 0 Å². The highest BCUT2D eigenvalue weighted by atomic mass is 32.1. The highest BCUT2D eigenvalue weighted by molar-refractivity contribution is 7.09. The Hall–Kier alpha value is -1.68. The van der Waals surface area contributed by atoms with Crippen molar-refractivity contribution >= 4 is 17.2 Å². The van der Waals surface area contributed by atoms with Gasteiger partial charge in [-0.1, -0.05) is 31.2 Å². The van der Waals surface area contributed by atoms with Crippen molar-refractivity contribution in [2.75, 3.05) is 6.54 Å². The molecule has 21 heavy (non-hydrogen) atoms. The van der Waals surface area contributed by atoms with Gasteiger partial charge < -0.3 is 5.32 Å². The van der Waals surface area contributed by atoms with Crippen LogP contribution in [0.15, 0.2) is 29.6 Å². The van der Waals surface area contributed by atoms with Crippen LogP contribution in [0.4, 0.5) is 0 Å². The summed E-state index contributed by atoms with van der Waals surface area (Å²) in [5, 5.41) is 6.33. The number of hydrogen-bond acceptors (Lipinski definition) is 3. The summed E-state index contributed by atoms with van der Waals surface area (Å²) in [6.45, 7) is 2.78. The van der Waals surface area contributed by atoms with Crippen molar-refractivity contribution in [2.24, 2.45) is 0 Å². The second-order valence-electron chi connectivity index (χ2n) is 5.42. The Kier molecular flexibility index (Phi) is 4.34. The number of aromatic nitrogens is 1. The summed E-state index contributed by atoms with van der Waals surface area (Å²) in [7, 11) is 0. The predicted octanol–water partition coefficient (Wildman–Crippen LogP) is 3.09. The Morgan fingerprint density at radius 2 is 2.29 bits per heavy atom. The van der Waals surface area contributed by atoms with Crippen LogP contribution in [0, 0.1) is 0 Å². The molecule has 1 amide bonds. The van der Waals surface area contributed by atoms with Crippen molar-refractivity contribution in [3.8, 4) is 0 Å². The number of hydrogen-bond donors (Lipinski definition) is 1. The zero-order valence-electron chi connectivity index (χ0n) is 12.3. The lowest BCUT2D eigenvalue weighted by atomic mass is 10.0. The van der Waals surface area contributed by atoms with Crippen LogP contribution in [0.5, 0.6) is 0 Å². The highest BCUT2D eigenvalue weighted by Gasteiger charge is 2.27. The molecule has 0 radical (unpaired) electrons. The van der Waals surface area contributed by atoms with Gasteiger partial charge in [-0.05, 0) is 30.4 Å². The molecule has 0 saturated heterocycles. The normalized spacial score (nSPS) is 16.7. The molecule has 2 aromatic rings. The van der Waals surface area contributed by atoms with Crippen LogP contribution >= 0.6 is 11.3 Å². The second kappa shape index (κ2) is 6.39. The second-order valence-corrected chi connectivity index (χ2v) is 6.36. The number of nitrogens with one attached hydrogen (secondary N) is 1. The van der Waals surface area contributed by atoms with Gasteiger partial charge >= 0.3 is 0 Å². The number of carbonyl (C=O) groups excluding carboxylic acids is 1. The molecule has 0 unspecified atom stereocenters. The molecular weight excluding hydrogens is 280 g/mol. The van der Waals surface area contributed by atoms with Crippen molar-refractivity contribution in [1.82, 2.24) is 10.3 Å². The monoisotopic (exact) mass is 300 g/mol. The average molecular weight is 300 g/mol. The van der Waals surface area contributed by atoms with Crippen molar-refractivity contribution in [1.29, 1.82) is 0 Å². The summed E-state index contributed by atoms with van der Waals surface area (Å²) in [5.41, 5.74) is 3.62. The topological polar surface area (TPSA) is 42.0 Å². The Bertz CT molecular complexity index is 635. The first-order valence-corrected chi connectivity index (χ1v) is 8.44. The number of nitrogens with zero attached hydrogens (tertiary/aromatic N) is 1. The van der Waals surface area contributed by atoms with Crippen LogP contribution in [0.2, 0.25) is 0 Å². The molecule has 3 nitrogen and oxygen atoms in total. The van der Waals surface area contributed by atoms with E-state index in [0.29, 0.717) is 6.54 Å². The van der Waals surface area contributed by atoms with Gasteiger partial charge in [-0.25, -0.2) is 4.98 Å². The quantitative estimate of drug-likeness (QED) is 0.922. The van der Waals surface area contributed by atoms with E-state index in [2.05, 4.69) is 34.7 Å². The number of carbonyl (C=O) groups is 1. The molecule has 1 atom stereocenters. The van der Waals surface area contributed by atoms with Gasteiger partial charge in [0.25, 0.3) is 0 Å². The molecule has 1 aliphatic rings. The zero-order valence-corrected chi connectivity index (χ0v) is 13.1. The molecule has 0 saturated carbocycles. The van der Waals surface area contributed by atoms with Crippen molar-refractivity contribution < 1.29 is 4.79 Å². The Morgan fingerprint density at radius 1 is 1.43 bits per heavy atom. The van der Waals surface area contributed by atoms with E-state index in [1.165, 1.54) is 16.1 Å². The fourth-order valence-corrected chi connectivity index (χ4v) is 3.67. The van der Waals surface area contributed by atoms with Gasteiger partial charge in [0.15, 0.2) is 0 Å². The van der Waals surface area contributed by atoms with Crippen LogP contribution in [0.3, 0.4) is 0 Å². The van der Waals surface area contributed by atoms with Gasteiger partial charge in [0, 0.05) is 18.3 Å². The van der Waals surface area contributed by atoms with Crippen LogP contribution in [-0.4, -0.2) is 17.4 Å². The summed E-state index contributed by atoms with van der Waals surface area (Å²) in [6.07, 6.45) is 3.74. The minimum atomic E-state index is 0.0304. The maximum Gasteiger partial charge on any atom is 0.227 e. The van der Waals surface area contributed by atoms with Crippen LogP contribution in [0.1, 0.15) is 41.1 Å². The fourth-order valence-electron chi connectivity index (χ4n) is 2.89. The van der Waals surface area contributed by atoms with Crippen LogP contribution in [-0.2, 0) is 24.1 Å². The van der Waals surface area contributed by atoms with Gasteiger partial charge in [-0.2, -0.15) is 0 Å². The number of amides is 1. The molecule has 0 fully saturated rings. The van der Waals surface area contributed by atoms with E-state index in [1.54, 1.807) is 11.3 Å². The largest absolute Gasteiger partial charge is 0.355 e. The molecule has 1 aromatic heterocycles. The molecule has 0 bridgehead atoms. The third kappa shape index (κ3) is 3.16. The molecule has 1 N–H and O–H groups in total. The number of fused-ring (bicyclic) bond motifs is 1. The summed E-state index contributed by atoms with van der Waals surface area (Å²) < 4.78 is 0. The van der Waals surface area contributed by atoms with Crippen molar-refractivity contribution in [2.45, 2.75) is 38.5 Å². The van der Waals surface area contributed by atoms with E-state index in [9.17, 15) is 4.79 Å². The Labute approximate surface area is 129 Å². The summed E-state index contributed by atoms with van der Waals surface area (Å²) in [5.74, 6) is 0.189. The van der Waals surface area contributed by atoms with E-state index in [0.717, 1.165) is 31.4 Å². The molecule has 110 valence electrons. The SMILES string of the molecule is CCc1nc(CCNC(=O)[C@@H]2CCc3ccccc32)cs1. The molecule has 1 aromatic carbocycles. The fraction of sp³-hybridized carbons (Fsp3) is 0.412. The molecule has 0 aliphatic heterocycles. The predicted molar refractivity (Wildman–Crippen MR) is 85.7 cm³/mol. The van der Waals surface area contributed by atoms with Crippen molar-refractivity contribution in [3.63, 3.8) is 0 Å².